The Bertz CT molecular complexity index is 944. The number of piperidine rings is 1. The highest BCUT2D eigenvalue weighted by Crippen LogP contribution is 2.24. The number of benzene rings is 2. The highest BCUT2D eigenvalue weighted by Gasteiger charge is 2.31. The van der Waals surface area contributed by atoms with Crippen LogP contribution < -0.4 is 5.32 Å². The molecule has 0 unspecified atom stereocenters. The zero-order chi connectivity index (χ0) is 21.0. The fourth-order valence-electron chi connectivity index (χ4n) is 3.65. The van der Waals surface area contributed by atoms with E-state index in [0.29, 0.717) is 31.8 Å². The number of aryl methyl sites for hydroxylation is 1. The molecule has 1 aliphatic rings. The third-order valence-corrected chi connectivity index (χ3v) is 7.49. The van der Waals surface area contributed by atoms with Crippen LogP contribution in [-0.4, -0.2) is 31.7 Å². The first-order chi connectivity index (χ1) is 13.8. The van der Waals surface area contributed by atoms with Gasteiger partial charge in [0, 0.05) is 24.7 Å². The van der Waals surface area contributed by atoms with Crippen LogP contribution in [0.2, 0.25) is 0 Å². The maximum absolute atomic E-state index is 12.8. The van der Waals surface area contributed by atoms with Gasteiger partial charge in [-0.15, -0.1) is 0 Å². The van der Waals surface area contributed by atoms with E-state index < -0.39 is 10.0 Å². The van der Waals surface area contributed by atoms with Gasteiger partial charge in [0.15, 0.2) is 0 Å². The largest absolute Gasteiger partial charge is 0.326 e. The van der Waals surface area contributed by atoms with Crippen molar-refractivity contribution in [1.29, 1.82) is 0 Å². The predicted octanol–water partition coefficient (Wildman–Crippen LogP) is 4.30. The Labute approximate surface area is 174 Å². The van der Waals surface area contributed by atoms with E-state index in [9.17, 15) is 13.2 Å². The van der Waals surface area contributed by atoms with Gasteiger partial charge in [-0.05, 0) is 54.5 Å². The Morgan fingerprint density at radius 2 is 1.69 bits per heavy atom. The van der Waals surface area contributed by atoms with Gasteiger partial charge in [-0.3, -0.25) is 4.79 Å². The molecule has 156 valence electrons. The summed E-state index contributed by atoms with van der Waals surface area (Å²) in [6.07, 6.45) is 1.09. The fraction of sp³-hybridized carbons (Fsp3) is 0.435. The molecule has 1 aliphatic heterocycles. The van der Waals surface area contributed by atoms with E-state index in [1.165, 1.54) is 9.87 Å². The second-order valence-electron chi connectivity index (χ2n) is 8.12. The molecule has 29 heavy (non-hydrogen) atoms. The summed E-state index contributed by atoms with van der Waals surface area (Å²) in [5.74, 6) is 0.271. The smallest absolute Gasteiger partial charge is 0.227 e. The highest BCUT2D eigenvalue weighted by molar-refractivity contribution is 7.88. The van der Waals surface area contributed by atoms with E-state index in [1.54, 1.807) is 0 Å². The van der Waals surface area contributed by atoms with Crippen molar-refractivity contribution in [2.24, 2.45) is 5.92 Å². The van der Waals surface area contributed by atoms with Gasteiger partial charge in [0.25, 0.3) is 0 Å². The molecule has 1 fully saturated rings. The van der Waals surface area contributed by atoms with Gasteiger partial charge in [-0.2, -0.15) is 0 Å². The summed E-state index contributed by atoms with van der Waals surface area (Å²) >= 11 is 0. The fourth-order valence-corrected chi connectivity index (χ4v) is 5.32. The molecule has 0 bridgehead atoms. The van der Waals surface area contributed by atoms with Gasteiger partial charge < -0.3 is 5.32 Å². The van der Waals surface area contributed by atoms with Crippen molar-refractivity contribution >= 4 is 21.6 Å². The molecule has 0 spiro atoms. The second-order valence-corrected chi connectivity index (χ2v) is 10.1. The van der Waals surface area contributed by atoms with Gasteiger partial charge >= 0.3 is 0 Å². The van der Waals surface area contributed by atoms with Crippen LogP contribution in [-0.2, 0) is 20.6 Å². The van der Waals surface area contributed by atoms with Crippen LogP contribution >= 0.6 is 0 Å². The number of anilines is 1. The molecule has 1 heterocycles. The normalized spacial score (nSPS) is 16.1. The Morgan fingerprint density at radius 3 is 2.28 bits per heavy atom. The van der Waals surface area contributed by atoms with Gasteiger partial charge in [0.05, 0.1) is 5.75 Å². The second kappa shape index (κ2) is 9.09. The molecular weight excluding hydrogens is 384 g/mol. The molecule has 0 aromatic heterocycles. The van der Waals surface area contributed by atoms with Gasteiger partial charge in [0.1, 0.15) is 0 Å². The molecule has 5 nitrogen and oxygen atoms in total. The van der Waals surface area contributed by atoms with Gasteiger partial charge in [-0.1, -0.05) is 50.2 Å². The molecule has 3 rings (SSSR count). The van der Waals surface area contributed by atoms with Crippen molar-refractivity contribution < 1.29 is 13.2 Å². The lowest BCUT2D eigenvalue weighted by Crippen LogP contribution is -2.41. The maximum atomic E-state index is 12.8. The lowest BCUT2D eigenvalue weighted by Gasteiger charge is -2.30. The first kappa shape index (κ1) is 21.5. The summed E-state index contributed by atoms with van der Waals surface area (Å²) in [5, 5.41) is 2.97. The molecule has 0 radical (unpaired) electrons. The van der Waals surface area contributed by atoms with E-state index in [0.717, 1.165) is 16.8 Å². The number of hydrogen-bond donors (Lipinski definition) is 1. The van der Waals surface area contributed by atoms with Crippen LogP contribution in [0, 0.1) is 12.8 Å². The molecular formula is C23H30N2O3S. The van der Waals surface area contributed by atoms with Crippen LogP contribution in [0.4, 0.5) is 5.69 Å². The monoisotopic (exact) mass is 414 g/mol. The van der Waals surface area contributed by atoms with Crippen molar-refractivity contribution in [2.75, 3.05) is 18.4 Å². The Morgan fingerprint density at radius 1 is 1.07 bits per heavy atom. The van der Waals surface area contributed by atoms with Crippen LogP contribution in [0.3, 0.4) is 0 Å². The average molecular weight is 415 g/mol. The average Bonchev–Trinajstić information content (AvgIpc) is 2.70. The van der Waals surface area contributed by atoms with Crippen LogP contribution in [0.1, 0.15) is 49.3 Å². The van der Waals surface area contributed by atoms with Gasteiger partial charge in [0.2, 0.25) is 15.9 Å². The third kappa shape index (κ3) is 5.46. The summed E-state index contributed by atoms with van der Waals surface area (Å²) in [4.78, 5) is 12.6. The molecule has 0 atom stereocenters. The number of sulfonamides is 1. The SMILES string of the molecule is Cc1ccccc1CS(=O)(=O)N1CCC(C(=O)Nc2ccc(C(C)C)cc2)CC1. The first-order valence-corrected chi connectivity index (χ1v) is 11.8. The summed E-state index contributed by atoms with van der Waals surface area (Å²) in [6.45, 7) is 6.97. The summed E-state index contributed by atoms with van der Waals surface area (Å²) in [5.41, 5.74) is 3.83. The number of nitrogens with one attached hydrogen (secondary N) is 1. The van der Waals surface area contributed by atoms with Crippen LogP contribution in [0.15, 0.2) is 48.5 Å². The van der Waals surface area contributed by atoms with E-state index in [-0.39, 0.29) is 17.6 Å². The van der Waals surface area contributed by atoms with Crippen molar-refractivity contribution in [1.82, 2.24) is 4.31 Å². The maximum Gasteiger partial charge on any atom is 0.227 e. The first-order valence-electron chi connectivity index (χ1n) is 10.2. The minimum Gasteiger partial charge on any atom is -0.326 e. The quantitative estimate of drug-likeness (QED) is 0.766. The molecule has 0 aliphatic carbocycles. The van der Waals surface area contributed by atoms with Crippen LogP contribution in [0.5, 0.6) is 0 Å². The number of nitrogens with zero attached hydrogens (tertiary/aromatic N) is 1. The number of carbonyl (C=O) groups excluding carboxylic acids is 1. The van der Waals surface area contributed by atoms with Crippen molar-refractivity contribution in [3.05, 3.63) is 65.2 Å². The van der Waals surface area contributed by atoms with E-state index in [2.05, 4.69) is 19.2 Å². The van der Waals surface area contributed by atoms with Crippen molar-refractivity contribution in [2.45, 2.75) is 45.3 Å². The molecule has 1 saturated heterocycles. The zero-order valence-electron chi connectivity index (χ0n) is 17.4. The standard InChI is InChI=1S/C23H30N2O3S/c1-17(2)19-8-10-22(11-9-19)24-23(26)20-12-14-25(15-13-20)29(27,28)16-21-7-5-4-6-18(21)3/h4-11,17,20H,12-16H2,1-3H3,(H,24,26). The lowest BCUT2D eigenvalue weighted by atomic mass is 9.97. The Balaban J connectivity index is 1.55. The molecule has 2 aromatic carbocycles. The zero-order valence-corrected chi connectivity index (χ0v) is 18.2. The molecule has 0 saturated carbocycles. The number of rotatable bonds is 6. The lowest BCUT2D eigenvalue weighted by molar-refractivity contribution is -0.120. The molecule has 1 N–H and O–H groups in total. The summed E-state index contributed by atoms with van der Waals surface area (Å²) in [6, 6.07) is 15.5. The predicted molar refractivity (Wildman–Crippen MR) is 117 cm³/mol. The van der Waals surface area contributed by atoms with Crippen molar-refractivity contribution in [3.63, 3.8) is 0 Å². The van der Waals surface area contributed by atoms with Crippen molar-refractivity contribution in [3.8, 4) is 0 Å². The number of hydrogen-bond acceptors (Lipinski definition) is 3. The minimum absolute atomic E-state index is 0.0126. The van der Waals surface area contributed by atoms with E-state index in [4.69, 9.17) is 0 Å². The molecule has 2 aromatic rings. The molecule has 6 heteroatoms. The van der Waals surface area contributed by atoms with E-state index in [1.807, 2.05) is 55.5 Å². The number of carbonyl (C=O) groups is 1. The number of amides is 1. The Kier molecular flexibility index (Phi) is 6.75. The summed E-state index contributed by atoms with van der Waals surface area (Å²) in [7, 11) is -3.38. The Hall–Kier alpha value is -2.18. The van der Waals surface area contributed by atoms with Gasteiger partial charge in [-0.25, -0.2) is 12.7 Å². The third-order valence-electron chi connectivity index (χ3n) is 5.66. The van der Waals surface area contributed by atoms with Crippen LogP contribution in [0.25, 0.3) is 0 Å². The topological polar surface area (TPSA) is 66.5 Å². The molecule has 1 amide bonds. The van der Waals surface area contributed by atoms with E-state index >= 15 is 0 Å². The summed E-state index contributed by atoms with van der Waals surface area (Å²) < 4.78 is 27.1. The minimum atomic E-state index is -3.38. The highest BCUT2D eigenvalue weighted by atomic mass is 32.2.